The van der Waals surface area contributed by atoms with Gasteiger partial charge in [-0.05, 0) is 36.4 Å². The topological polar surface area (TPSA) is 42.1 Å². The van der Waals surface area contributed by atoms with Crippen molar-refractivity contribution >= 4 is 0 Å². The fourth-order valence-electron chi connectivity index (χ4n) is 2.58. The second-order valence-corrected chi connectivity index (χ2v) is 5.84. The molecule has 2 rings (SSSR count). The van der Waals surface area contributed by atoms with Gasteiger partial charge in [-0.15, -0.1) is 0 Å². The summed E-state index contributed by atoms with van der Waals surface area (Å²) in [4.78, 5) is 6.98. The molecule has 0 aromatic carbocycles. The number of likely N-dealkylation sites (tertiary alicyclic amines) is 1. The first-order chi connectivity index (χ1) is 8.09. The summed E-state index contributed by atoms with van der Waals surface area (Å²) in [5.41, 5.74) is 8.28. The van der Waals surface area contributed by atoms with Gasteiger partial charge in [0.25, 0.3) is 0 Å². The molecule has 0 bridgehead atoms. The van der Waals surface area contributed by atoms with Gasteiger partial charge in [0.2, 0.25) is 0 Å². The summed E-state index contributed by atoms with van der Waals surface area (Å²) in [6.07, 6.45) is 4.53. The highest BCUT2D eigenvalue weighted by Crippen LogP contribution is 2.28. The second kappa shape index (κ2) is 5.15. The summed E-state index contributed by atoms with van der Waals surface area (Å²) in [7, 11) is 0. The van der Waals surface area contributed by atoms with Crippen LogP contribution in [0.1, 0.15) is 37.9 Å². The standard InChI is InChI=1S/C14H23N3/c1-14(2)6-3-7-17(11-14)10-13-5-4-12(8-15)9-16-13/h4-5,9H,3,6-8,10-11,15H2,1-2H3. The monoisotopic (exact) mass is 233 g/mol. The minimum atomic E-state index is 0.454. The molecule has 0 atom stereocenters. The number of hydrogen-bond acceptors (Lipinski definition) is 3. The van der Waals surface area contributed by atoms with Crippen LogP contribution >= 0.6 is 0 Å². The molecular formula is C14H23N3. The van der Waals surface area contributed by atoms with Crippen LogP contribution in [0.2, 0.25) is 0 Å². The fourth-order valence-corrected chi connectivity index (χ4v) is 2.58. The third kappa shape index (κ3) is 3.51. The van der Waals surface area contributed by atoms with E-state index in [-0.39, 0.29) is 0 Å². The number of nitrogens with two attached hydrogens (primary N) is 1. The number of pyridine rings is 1. The number of nitrogens with zero attached hydrogens (tertiary/aromatic N) is 2. The maximum absolute atomic E-state index is 5.57. The van der Waals surface area contributed by atoms with Gasteiger partial charge in [0.15, 0.2) is 0 Å². The normalized spacial score (nSPS) is 20.4. The third-order valence-electron chi connectivity index (χ3n) is 3.49. The average Bonchev–Trinajstić information content (AvgIpc) is 2.29. The molecule has 0 radical (unpaired) electrons. The molecule has 3 nitrogen and oxygen atoms in total. The molecule has 1 aromatic heterocycles. The quantitative estimate of drug-likeness (QED) is 0.870. The minimum absolute atomic E-state index is 0.454. The molecule has 17 heavy (non-hydrogen) atoms. The van der Waals surface area contributed by atoms with Gasteiger partial charge in [-0.3, -0.25) is 9.88 Å². The first kappa shape index (κ1) is 12.5. The smallest absolute Gasteiger partial charge is 0.0544 e. The van der Waals surface area contributed by atoms with Crippen LogP contribution in [0.3, 0.4) is 0 Å². The molecule has 0 saturated carbocycles. The Kier molecular flexibility index (Phi) is 3.79. The lowest BCUT2D eigenvalue weighted by atomic mass is 9.84. The molecule has 2 heterocycles. The Bertz CT molecular complexity index is 356. The van der Waals surface area contributed by atoms with Crippen LogP contribution < -0.4 is 5.73 Å². The van der Waals surface area contributed by atoms with E-state index in [0.717, 1.165) is 17.8 Å². The van der Waals surface area contributed by atoms with Crippen molar-refractivity contribution in [3.63, 3.8) is 0 Å². The van der Waals surface area contributed by atoms with E-state index in [0.29, 0.717) is 12.0 Å². The summed E-state index contributed by atoms with van der Waals surface area (Å²) in [5.74, 6) is 0. The van der Waals surface area contributed by atoms with Gasteiger partial charge in [0.1, 0.15) is 0 Å². The minimum Gasteiger partial charge on any atom is -0.326 e. The molecule has 0 spiro atoms. The zero-order valence-corrected chi connectivity index (χ0v) is 10.9. The van der Waals surface area contributed by atoms with Gasteiger partial charge in [-0.2, -0.15) is 0 Å². The Hall–Kier alpha value is -0.930. The van der Waals surface area contributed by atoms with Crippen LogP contribution in [-0.4, -0.2) is 23.0 Å². The summed E-state index contributed by atoms with van der Waals surface area (Å²) >= 11 is 0. The Labute approximate surface area is 104 Å². The molecule has 1 fully saturated rings. The summed E-state index contributed by atoms with van der Waals surface area (Å²) < 4.78 is 0. The average molecular weight is 233 g/mol. The van der Waals surface area contributed by atoms with Crippen LogP contribution in [0.4, 0.5) is 0 Å². The van der Waals surface area contributed by atoms with E-state index in [4.69, 9.17) is 5.73 Å². The molecule has 0 aliphatic carbocycles. The summed E-state index contributed by atoms with van der Waals surface area (Å²) in [5, 5.41) is 0. The molecule has 1 aliphatic rings. The predicted molar refractivity (Wildman–Crippen MR) is 70.4 cm³/mol. The lowest BCUT2D eigenvalue weighted by Gasteiger charge is -2.37. The van der Waals surface area contributed by atoms with Crippen molar-refractivity contribution in [1.82, 2.24) is 9.88 Å². The van der Waals surface area contributed by atoms with Gasteiger partial charge in [0.05, 0.1) is 5.69 Å². The van der Waals surface area contributed by atoms with E-state index in [1.165, 1.54) is 25.9 Å². The van der Waals surface area contributed by atoms with Crippen LogP contribution in [0, 0.1) is 5.41 Å². The lowest BCUT2D eigenvalue weighted by molar-refractivity contribution is 0.110. The van der Waals surface area contributed by atoms with E-state index in [9.17, 15) is 0 Å². The van der Waals surface area contributed by atoms with E-state index in [1.54, 1.807) is 0 Å². The molecular weight excluding hydrogens is 210 g/mol. The molecule has 2 N–H and O–H groups in total. The molecule has 0 unspecified atom stereocenters. The van der Waals surface area contributed by atoms with Crippen molar-refractivity contribution in [3.8, 4) is 0 Å². The van der Waals surface area contributed by atoms with Crippen molar-refractivity contribution in [3.05, 3.63) is 29.6 Å². The van der Waals surface area contributed by atoms with Crippen LogP contribution in [0.5, 0.6) is 0 Å². The van der Waals surface area contributed by atoms with Gasteiger partial charge in [-0.25, -0.2) is 0 Å². The van der Waals surface area contributed by atoms with Crippen LogP contribution in [0.25, 0.3) is 0 Å². The van der Waals surface area contributed by atoms with E-state index in [2.05, 4.69) is 35.9 Å². The van der Waals surface area contributed by atoms with Crippen molar-refractivity contribution in [2.45, 2.75) is 39.8 Å². The largest absolute Gasteiger partial charge is 0.326 e. The SMILES string of the molecule is CC1(C)CCCN(Cc2ccc(CN)cn2)C1. The second-order valence-electron chi connectivity index (χ2n) is 5.84. The number of hydrogen-bond donors (Lipinski definition) is 1. The molecule has 3 heteroatoms. The molecule has 94 valence electrons. The van der Waals surface area contributed by atoms with Crippen LogP contribution in [0.15, 0.2) is 18.3 Å². The molecule has 0 amide bonds. The van der Waals surface area contributed by atoms with Crippen molar-refractivity contribution < 1.29 is 0 Å². The fraction of sp³-hybridized carbons (Fsp3) is 0.643. The Morgan fingerprint density at radius 3 is 2.82 bits per heavy atom. The number of rotatable bonds is 3. The summed E-state index contributed by atoms with van der Waals surface area (Å²) in [6.45, 7) is 8.61. The van der Waals surface area contributed by atoms with Crippen molar-refractivity contribution in [2.75, 3.05) is 13.1 Å². The molecule has 1 aromatic rings. The zero-order chi connectivity index (χ0) is 12.3. The highest BCUT2D eigenvalue weighted by Gasteiger charge is 2.26. The van der Waals surface area contributed by atoms with E-state index in [1.807, 2.05) is 6.20 Å². The first-order valence-electron chi connectivity index (χ1n) is 6.45. The highest BCUT2D eigenvalue weighted by molar-refractivity contribution is 5.13. The number of aromatic nitrogens is 1. The molecule has 1 aliphatic heterocycles. The first-order valence-corrected chi connectivity index (χ1v) is 6.45. The lowest BCUT2D eigenvalue weighted by Crippen LogP contribution is -2.39. The Balaban J connectivity index is 1.95. The zero-order valence-electron chi connectivity index (χ0n) is 10.9. The van der Waals surface area contributed by atoms with Gasteiger partial charge >= 0.3 is 0 Å². The maximum Gasteiger partial charge on any atom is 0.0544 e. The van der Waals surface area contributed by atoms with E-state index < -0.39 is 0 Å². The van der Waals surface area contributed by atoms with Gasteiger partial charge in [0, 0.05) is 25.8 Å². The maximum atomic E-state index is 5.57. The number of piperidine rings is 1. The van der Waals surface area contributed by atoms with E-state index >= 15 is 0 Å². The Morgan fingerprint density at radius 1 is 1.41 bits per heavy atom. The Morgan fingerprint density at radius 2 is 2.24 bits per heavy atom. The van der Waals surface area contributed by atoms with Crippen molar-refractivity contribution in [2.24, 2.45) is 11.1 Å². The third-order valence-corrected chi connectivity index (χ3v) is 3.49. The van der Waals surface area contributed by atoms with Gasteiger partial charge < -0.3 is 5.73 Å². The predicted octanol–water partition coefficient (Wildman–Crippen LogP) is 2.16. The van der Waals surface area contributed by atoms with Gasteiger partial charge in [-0.1, -0.05) is 19.9 Å². The molecule has 1 saturated heterocycles. The van der Waals surface area contributed by atoms with Crippen molar-refractivity contribution in [1.29, 1.82) is 0 Å². The van der Waals surface area contributed by atoms with Crippen LogP contribution in [-0.2, 0) is 13.1 Å². The summed E-state index contributed by atoms with van der Waals surface area (Å²) in [6, 6.07) is 4.18. The highest BCUT2D eigenvalue weighted by atomic mass is 15.1.